The molecule has 1 heterocycles. The molecule has 0 aliphatic heterocycles. The number of carbonyl (C=O) groups is 1. The SMILES string of the molecule is Cc1ccc(C(=O)CSc2nccn(-c3cc(C)cc(C)c3)c2=O)cc1. The molecule has 0 spiro atoms. The molecule has 0 bridgehead atoms. The minimum Gasteiger partial charge on any atom is -0.293 e. The van der Waals surface area contributed by atoms with Crippen LogP contribution in [0, 0.1) is 20.8 Å². The van der Waals surface area contributed by atoms with Gasteiger partial charge in [-0.25, -0.2) is 4.98 Å². The summed E-state index contributed by atoms with van der Waals surface area (Å²) in [6.45, 7) is 5.98. The van der Waals surface area contributed by atoms with Gasteiger partial charge in [-0.3, -0.25) is 14.2 Å². The number of hydrogen-bond acceptors (Lipinski definition) is 4. The summed E-state index contributed by atoms with van der Waals surface area (Å²) >= 11 is 1.18. The molecule has 5 heteroatoms. The number of aromatic nitrogens is 2. The van der Waals surface area contributed by atoms with Crippen molar-refractivity contribution < 1.29 is 4.79 Å². The van der Waals surface area contributed by atoms with Crippen molar-refractivity contribution in [2.45, 2.75) is 25.8 Å². The van der Waals surface area contributed by atoms with Gasteiger partial charge in [0.25, 0.3) is 5.56 Å². The van der Waals surface area contributed by atoms with E-state index in [0.29, 0.717) is 10.6 Å². The molecule has 0 amide bonds. The van der Waals surface area contributed by atoms with E-state index in [-0.39, 0.29) is 17.1 Å². The van der Waals surface area contributed by atoms with E-state index in [0.717, 1.165) is 22.4 Å². The molecule has 0 unspecified atom stereocenters. The van der Waals surface area contributed by atoms with Crippen LogP contribution in [0.5, 0.6) is 0 Å². The molecular weight excluding hydrogens is 344 g/mol. The van der Waals surface area contributed by atoms with Gasteiger partial charge in [0, 0.05) is 23.6 Å². The lowest BCUT2D eigenvalue weighted by Gasteiger charge is -2.09. The number of benzene rings is 2. The van der Waals surface area contributed by atoms with E-state index in [1.165, 1.54) is 11.8 Å². The first kappa shape index (κ1) is 18.1. The molecule has 2 aromatic carbocycles. The first-order chi connectivity index (χ1) is 12.4. The maximum Gasteiger partial charge on any atom is 0.287 e. The van der Waals surface area contributed by atoms with Crippen LogP contribution in [0.15, 0.2) is 64.7 Å². The van der Waals surface area contributed by atoms with Crippen molar-refractivity contribution >= 4 is 17.5 Å². The van der Waals surface area contributed by atoms with Crippen molar-refractivity contribution in [1.29, 1.82) is 0 Å². The third kappa shape index (κ3) is 4.11. The number of aryl methyl sites for hydroxylation is 3. The van der Waals surface area contributed by atoms with Crippen molar-refractivity contribution in [3.8, 4) is 5.69 Å². The summed E-state index contributed by atoms with van der Waals surface area (Å²) < 4.78 is 1.58. The average molecular weight is 364 g/mol. The molecule has 26 heavy (non-hydrogen) atoms. The Balaban J connectivity index is 1.82. The first-order valence-electron chi connectivity index (χ1n) is 8.33. The fourth-order valence-electron chi connectivity index (χ4n) is 2.74. The van der Waals surface area contributed by atoms with Crippen LogP contribution in [-0.2, 0) is 0 Å². The average Bonchev–Trinajstić information content (AvgIpc) is 2.60. The third-order valence-electron chi connectivity index (χ3n) is 4.01. The normalized spacial score (nSPS) is 10.7. The van der Waals surface area contributed by atoms with Gasteiger partial charge in [0.05, 0.1) is 5.75 Å². The van der Waals surface area contributed by atoms with Crippen LogP contribution in [0.1, 0.15) is 27.0 Å². The van der Waals surface area contributed by atoms with E-state index in [2.05, 4.69) is 11.1 Å². The van der Waals surface area contributed by atoms with Crippen LogP contribution >= 0.6 is 11.8 Å². The quantitative estimate of drug-likeness (QED) is 0.504. The second kappa shape index (κ2) is 7.70. The molecule has 1 aromatic heterocycles. The number of Topliss-reactive ketones (excluding diaryl/α,β-unsaturated/α-hetero) is 1. The minimum atomic E-state index is -0.209. The monoisotopic (exact) mass is 364 g/mol. The van der Waals surface area contributed by atoms with Crippen LogP contribution in [-0.4, -0.2) is 21.1 Å². The Morgan fingerprint density at radius 2 is 1.65 bits per heavy atom. The van der Waals surface area contributed by atoms with Crippen molar-refractivity contribution in [2.75, 3.05) is 5.75 Å². The van der Waals surface area contributed by atoms with Gasteiger partial charge < -0.3 is 0 Å². The summed E-state index contributed by atoms with van der Waals surface area (Å²) in [7, 11) is 0. The maximum absolute atomic E-state index is 12.8. The summed E-state index contributed by atoms with van der Waals surface area (Å²) in [5.74, 6) is 0.167. The molecule has 0 fully saturated rings. The zero-order chi connectivity index (χ0) is 18.7. The van der Waals surface area contributed by atoms with Gasteiger partial charge in [-0.05, 0) is 44.0 Å². The summed E-state index contributed by atoms with van der Waals surface area (Å²) in [6.07, 6.45) is 3.25. The highest BCUT2D eigenvalue weighted by Crippen LogP contribution is 2.16. The highest BCUT2D eigenvalue weighted by Gasteiger charge is 2.12. The van der Waals surface area contributed by atoms with Crippen molar-refractivity contribution in [3.63, 3.8) is 0 Å². The summed E-state index contributed by atoms with van der Waals surface area (Å²) in [5, 5.41) is 0.326. The van der Waals surface area contributed by atoms with Crippen LogP contribution in [0.25, 0.3) is 5.69 Å². The molecule has 4 nitrogen and oxygen atoms in total. The molecular formula is C21H20N2O2S. The highest BCUT2D eigenvalue weighted by molar-refractivity contribution is 7.99. The second-order valence-corrected chi connectivity index (χ2v) is 7.30. The van der Waals surface area contributed by atoms with E-state index >= 15 is 0 Å². The highest BCUT2D eigenvalue weighted by atomic mass is 32.2. The third-order valence-corrected chi connectivity index (χ3v) is 4.97. The topological polar surface area (TPSA) is 52.0 Å². The second-order valence-electron chi connectivity index (χ2n) is 6.33. The molecule has 0 atom stereocenters. The van der Waals surface area contributed by atoms with E-state index in [9.17, 15) is 9.59 Å². The molecule has 132 valence electrons. The van der Waals surface area contributed by atoms with Gasteiger partial charge in [0.15, 0.2) is 10.8 Å². The van der Waals surface area contributed by atoms with Crippen molar-refractivity contribution in [3.05, 3.63) is 87.5 Å². The predicted molar refractivity (Wildman–Crippen MR) is 106 cm³/mol. The van der Waals surface area contributed by atoms with Gasteiger partial charge >= 0.3 is 0 Å². The molecule has 0 saturated heterocycles. The molecule has 3 aromatic rings. The Labute approximate surface area is 156 Å². The zero-order valence-electron chi connectivity index (χ0n) is 15.0. The van der Waals surface area contributed by atoms with Gasteiger partial charge in [-0.1, -0.05) is 47.7 Å². The van der Waals surface area contributed by atoms with Crippen molar-refractivity contribution in [2.24, 2.45) is 0 Å². The summed E-state index contributed by atoms with van der Waals surface area (Å²) in [6, 6.07) is 13.4. The van der Waals surface area contributed by atoms with E-state index in [4.69, 9.17) is 0 Å². The van der Waals surface area contributed by atoms with Gasteiger partial charge in [0.2, 0.25) is 0 Å². The Morgan fingerprint density at radius 1 is 1.00 bits per heavy atom. The minimum absolute atomic E-state index is 0.0157. The van der Waals surface area contributed by atoms with Crippen LogP contribution in [0.3, 0.4) is 0 Å². The lowest BCUT2D eigenvalue weighted by atomic mass is 10.1. The Hall–Kier alpha value is -2.66. The molecule has 3 rings (SSSR count). The molecule has 0 aliphatic carbocycles. The van der Waals surface area contributed by atoms with E-state index in [1.54, 1.807) is 17.0 Å². The van der Waals surface area contributed by atoms with Crippen LogP contribution in [0.2, 0.25) is 0 Å². The smallest absolute Gasteiger partial charge is 0.287 e. The van der Waals surface area contributed by atoms with Crippen molar-refractivity contribution in [1.82, 2.24) is 9.55 Å². The maximum atomic E-state index is 12.8. The van der Waals surface area contributed by atoms with Gasteiger partial charge in [0.1, 0.15) is 0 Å². The standard InChI is InChI=1S/C21H20N2O2S/c1-14-4-6-17(7-5-14)19(24)13-26-20-21(25)23(9-8-22-20)18-11-15(2)10-16(3)12-18/h4-12H,13H2,1-3H3. The Kier molecular flexibility index (Phi) is 5.38. The number of ketones is 1. The largest absolute Gasteiger partial charge is 0.293 e. The van der Waals surface area contributed by atoms with Gasteiger partial charge in [-0.2, -0.15) is 0 Å². The molecule has 0 radical (unpaired) electrons. The lowest BCUT2D eigenvalue weighted by Crippen LogP contribution is -2.21. The number of carbonyl (C=O) groups excluding carboxylic acids is 1. The number of hydrogen-bond donors (Lipinski definition) is 0. The van der Waals surface area contributed by atoms with E-state index in [1.807, 2.05) is 57.2 Å². The van der Waals surface area contributed by atoms with Crippen LogP contribution in [0.4, 0.5) is 0 Å². The molecule has 0 saturated carbocycles. The zero-order valence-corrected chi connectivity index (χ0v) is 15.8. The van der Waals surface area contributed by atoms with Gasteiger partial charge in [-0.15, -0.1) is 0 Å². The fourth-order valence-corrected chi connectivity index (χ4v) is 3.53. The summed E-state index contributed by atoms with van der Waals surface area (Å²) in [5.41, 5.74) is 4.53. The first-order valence-corrected chi connectivity index (χ1v) is 9.31. The lowest BCUT2D eigenvalue weighted by molar-refractivity contribution is 0.102. The van der Waals surface area contributed by atoms with E-state index < -0.39 is 0 Å². The van der Waals surface area contributed by atoms with Crippen LogP contribution < -0.4 is 5.56 Å². The Bertz CT molecular complexity index is 987. The number of thioether (sulfide) groups is 1. The predicted octanol–water partition coefficient (Wildman–Crippen LogP) is 4.13. The fraction of sp³-hybridized carbons (Fsp3) is 0.190. The molecule has 0 aliphatic rings. The Morgan fingerprint density at radius 3 is 2.31 bits per heavy atom. The number of rotatable bonds is 5. The summed E-state index contributed by atoms with van der Waals surface area (Å²) in [4.78, 5) is 29.2. The molecule has 0 N–H and O–H groups in total. The number of nitrogens with zero attached hydrogens (tertiary/aromatic N) is 2.